The molecule has 154 valence electrons. The van der Waals surface area contributed by atoms with Crippen LogP contribution in [-0.4, -0.2) is 20.0 Å². The zero-order valence-electron chi connectivity index (χ0n) is 18.1. The summed E-state index contributed by atoms with van der Waals surface area (Å²) in [5.74, 6) is 0.133. The summed E-state index contributed by atoms with van der Waals surface area (Å²) in [5, 5.41) is 0. The molecule has 0 bridgehead atoms. The van der Waals surface area contributed by atoms with Gasteiger partial charge >= 0.3 is 0 Å². The highest BCUT2D eigenvalue weighted by molar-refractivity contribution is 5.98. The molecule has 3 aromatic rings. The molecule has 0 N–H and O–H groups in total. The van der Waals surface area contributed by atoms with Gasteiger partial charge < -0.3 is 9.80 Å². The minimum absolute atomic E-state index is 0.0619. The third-order valence-electron chi connectivity index (χ3n) is 6.15. The zero-order chi connectivity index (χ0) is 21.1. The van der Waals surface area contributed by atoms with E-state index in [0.29, 0.717) is 6.54 Å². The van der Waals surface area contributed by atoms with Crippen LogP contribution in [0.15, 0.2) is 72.8 Å². The predicted molar refractivity (Wildman–Crippen MR) is 125 cm³/mol. The number of carbonyl (C=O) groups excluding carboxylic acids is 1. The minimum atomic E-state index is -0.0619. The lowest BCUT2D eigenvalue weighted by Crippen LogP contribution is -2.34. The lowest BCUT2D eigenvalue weighted by molar-refractivity contribution is -0.120. The molecule has 30 heavy (non-hydrogen) atoms. The third kappa shape index (κ3) is 4.11. The molecule has 0 saturated carbocycles. The van der Waals surface area contributed by atoms with E-state index in [1.54, 1.807) is 0 Å². The van der Waals surface area contributed by atoms with E-state index in [4.69, 9.17) is 0 Å². The summed E-state index contributed by atoms with van der Waals surface area (Å²) in [7, 11) is 4.08. The Morgan fingerprint density at radius 2 is 1.50 bits per heavy atom. The molecule has 0 spiro atoms. The fourth-order valence-electron chi connectivity index (χ4n) is 4.29. The molecule has 0 radical (unpaired) electrons. The van der Waals surface area contributed by atoms with Gasteiger partial charge in [0.05, 0.1) is 12.5 Å². The zero-order valence-corrected chi connectivity index (χ0v) is 18.1. The molecular formula is C27H30N2O. The van der Waals surface area contributed by atoms with Crippen LogP contribution in [0, 0.1) is 0 Å². The van der Waals surface area contributed by atoms with Crippen molar-refractivity contribution in [3.05, 3.63) is 95.1 Å². The molecular weight excluding hydrogens is 368 g/mol. The summed E-state index contributed by atoms with van der Waals surface area (Å²) < 4.78 is 0. The summed E-state index contributed by atoms with van der Waals surface area (Å²) in [6, 6.07) is 25.3. The monoisotopic (exact) mass is 398 g/mol. The number of hydrogen-bond acceptors (Lipinski definition) is 2. The van der Waals surface area contributed by atoms with Crippen molar-refractivity contribution in [3.63, 3.8) is 0 Å². The van der Waals surface area contributed by atoms with Crippen molar-refractivity contribution in [3.8, 4) is 0 Å². The number of hydrogen-bond donors (Lipinski definition) is 0. The Hall–Kier alpha value is -3.07. The SMILES string of the molecule is CCc1ccc(N(Cc2ccc(N(C)C)cc2)C(=O)C2CCc3ccccc32)cc1. The fraction of sp³-hybridized carbons (Fsp3) is 0.296. The highest BCUT2D eigenvalue weighted by atomic mass is 16.2. The molecule has 0 fully saturated rings. The van der Waals surface area contributed by atoms with Gasteiger partial charge in [0.15, 0.2) is 0 Å². The quantitative estimate of drug-likeness (QED) is 0.541. The molecule has 3 nitrogen and oxygen atoms in total. The lowest BCUT2D eigenvalue weighted by Gasteiger charge is -2.27. The Bertz CT molecular complexity index is 1010. The number of amides is 1. The van der Waals surface area contributed by atoms with E-state index >= 15 is 0 Å². The number of nitrogens with zero attached hydrogens (tertiary/aromatic N) is 2. The van der Waals surface area contributed by atoms with E-state index in [9.17, 15) is 4.79 Å². The Balaban J connectivity index is 1.65. The van der Waals surface area contributed by atoms with Gasteiger partial charge in [0.1, 0.15) is 0 Å². The molecule has 0 aliphatic heterocycles. The highest BCUT2D eigenvalue weighted by Crippen LogP contribution is 2.36. The Kier molecular flexibility index (Phi) is 5.89. The van der Waals surface area contributed by atoms with E-state index < -0.39 is 0 Å². The van der Waals surface area contributed by atoms with E-state index in [1.807, 2.05) is 25.1 Å². The first-order chi connectivity index (χ1) is 14.6. The first kappa shape index (κ1) is 20.2. The molecule has 0 heterocycles. The predicted octanol–water partition coefficient (Wildman–Crippen LogP) is 5.58. The van der Waals surface area contributed by atoms with Crippen LogP contribution in [0.4, 0.5) is 11.4 Å². The van der Waals surface area contributed by atoms with E-state index in [2.05, 4.69) is 78.6 Å². The summed E-state index contributed by atoms with van der Waals surface area (Å²) in [5.41, 5.74) is 7.06. The minimum Gasteiger partial charge on any atom is -0.378 e. The number of rotatable bonds is 6. The molecule has 1 amide bonds. The van der Waals surface area contributed by atoms with Gasteiger partial charge in [-0.25, -0.2) is 0 Å². The topological polar surface area (TPSA) is 23.6 Å². The van der Waals surface area contributed by atoms with Gasteiger partial charge in [0.2, 0.25) is 5.91 Å². The molecule has 3 heteroatoms. The summed E-state index contributed by atoms with van der Waals surface area (Å²) in [6.07, 6.45) is 2.87. The number of fused-ring (bicyclic) bond motifs is 1. The molecule has 4 rings (SSSR count). The van der Waals surface area contributed by atoms with Crippen molar-refractivity contribution in [1.29, 1.82) is 0 Å². The fourth-order valence-corrected chi connectivity index (χ4v) is 4.29. The number of aryl methyl sites for hydroxylation is 2. The average Bonchev–Trinajstić information content (AvgIpc) is 3.22. The van der Waals surface area contributed by atoms with Gasteiger partial charge in [-0.05, 0) is 65.8 Å². The molecule has 3 aromatic carbocycles. The average molecular weight is 399 g/mol. The molecule has 1 atom stereocenters. The van der Waals surface area contributed by atoms with Gasteiger partial charge in [0, 0.05) is 25.5 Å². The molecule has 1 unspecified atom stereocenters. The first-order valence-electron chi connectivity index (χ1n) is 10.8. The number of benzene rings is 3. The Morgan fingerprint density at radius 1 is 0.867 bits per heavy atom. The van der Waals surface area contributed by atoms with Crippen LogP contribution in [-0.2, 0) is 24.2 Å². The Labute approximate surface area is 180 Å². The van der Waals surface area contributed by atoms with Crippen molar-refractivity contribution < 1.29 is 4.79 Å². The molecule has 0 aromatic heterocycles. The maximum absolute atomic E-state index is 13.8. The van der Waals surface area contributed by atoms with Crippen molar-refractivity contribution in [2.24, 2.45) is 0 Å². The van der Waals surface area contributed by atoms with Crippen LogP contribution in [0.3, 0.4) is 0 Å². The number of anilines is 2. The van der Waals surface area contributed by atoms with E-state index in [0.717, 1.165) is 36.2 Å². The van der Waals surface area contributed by atoms with Gasteiger partial charge in [-0.3, -0.25) is 4.79 Å². The second-order valence-corrected chi connectivity index (χ2v) is 8.30. The van der Waals surface area contributed by atoms with Crippen molar-refractivity contribution in [2.45, 2.75) is 38.6 Å². The second kappa shape index (κ2) is 8.74. The smallest absolute Gasteiger partial charge is 0.234 e. The van der Waals surface area contributed by atoms with Gasteiger partial charge in [0.25, 0.3) is 0 Å². The summed E-state index contributed by atoms with van der Waals surface area (Å²) >= 11 is 0. The van der Waals surface area contributed by atoms with Crippen LogP contribution in [0.5, 0.6) is 0 Å². The van der Waals surface area contributed by atoms with Crippen molar-refractivity contribution >= 4 is 17.3 Å². The lowest BCUT2D eigenvalue weighted by atomic mass is 9.99. The van der Waals surface area contributed by atoms with Crippen LogP contribution in [0.25, 0.3) is 0 Å². The second-order valence-electron chi connectivity index (χ2n) is 8.30. The Morgan fingerprint density at radius 3 is 2.17 bits per heavy atom. The van der Waals surface area contributed by atoms with E-state index in [1.165, 1.54) is 16.7 Å². The molecule has 1 aliphatic carbocycles. The van der Waals surface area contributed by atoms with Crippen molar-refractivity contribution in [2.75, 3.05) is 23.9 Å². The summed E-state index contributed by atoms with van der Waals surface area (Å²) in [6.45, 7) is 2.73. The van der Waals surface area contributed by atoms with Crippen LogP contribution in [0.2, 0.25) is 0 Å². The first-order valence-corrected chi connectivity index (χ1v) is 10.8. The van der Waals surface area contributed by atoms with Crippen LogP contribution >= 0.6 is 0 Å². The van der Waals surface area contributed by atoms with Gasteiger partial charge in [-0.1, -0.05) is 55.5 Å². The highest BCUT2D eigenvalue weighted by Gasteiger charge is 2.32. The summed E-state index contributed by atoms with van der Waals surface area (Å²) in [4.78, 5) is 17.8. The van der Waals surface area contributed by atoms with Crippen LogP contribution in [0.1, 0.15) is 41.5 Å². The maximum Gasteiger partial charge on any atom is 0.234 e. The standard InChI is InChI=1S/C27H30N2O/c1-4-20-9-16-24(17-10-20)29(19-21-11-14-23(15-12-21)28(2)3)27(30)26-18-13-22-7-5-6-8-25(22)26/h5-12,14-17,26H,4,13,18-19H2,1-3H3. The third-order valence-corrected chi connectivity index (χ3v) is 6.15. The molecule has 0 saturated heterocycles. The maximum atomic E-state index is 13.8. The largest absolute Gasteiger partial charge is 0.378 e. The molecule has 1 aliphatic rings. The van der Waals surface area contributed by atoms with Crippen LogP contribution < -0.4 is 9.80 Å². The van der Waals surface area contributed by atoms with E-state index in [-0.39, 0.29) is 11.8 Å². The number of carbonyl (C=O) groups is 1. The van der Waals surface area contributed by atoms with Crippen molar-refractivity contribution in [1.82, 2.24) is 0 Å². The van der Waals surface area contributed by atoms with Gasteiger partial charge in [-0.15, -0.1) is 0 Å². The normalized spacial score (nSPS) is 15.0. The van der Waals surface area contributed by atoms with Gasteiger partial charge in [-0.2, -0.15) is 0 Å².